The zero-order valence-corrected chi connectivity index (χ0v) is 10.9. The van der Waals surface area contributed by atoms with Gasteiger partial charge in [-0.3, -0.25) is 0 Å². The summed E-state index contributed by atoms with van der Waals surface area (Å²) in [4.78, 5) is 0. The zero-order chi connectivity index (χ0) is 11.4. The molecule has 0 aromatic heterocycles. The Hall–Kier alpha value is -1.47. The molecule has 0 bridgehead atoms. The highest BCUT2D eigenvalue weighted by Crippen LogP contribution is 2.24. The molecule has 0 radical (unpaired) electrons. The van der Waals surface area contributed by atoms with E-state index in [2.05, 4.69) is 26.0 Å². The highest BCUT2D eigenvalue weighted by atomic mass is 35.5. The summed E-state index contributed by atoms with van der Waals surface area (Å²) in [6.07, 6.45) is 0. The third kappa shape index (κ3) is 3.79. The number of ether oxygens (including phenoxy) is 1. The minimum atomic E-state index is 0. The van der Waals surface area contributed by atoms with E-state index < -0.39 is 0 Å². The Kier molecular flexibility index (Phi) is 5.05. The van der Waals surface area contributed by atoms with Crippen molar-refractivity contribution in [1.29, 1.82) is 0 Å². The van der Waals surface area contributed by atoms with Crippen LogP contribution < -0.4 is 4.74 Å². The van der Waals surface area contributed by atoms with E-state index in [0.717, 1.165) is 11.5 Å². The first-order valence-corrected chi connectivity index (χ1v) is 5.58. The van der Waals surface area contributed by atoms with Gasteiger partial charge in [-0.05, 0) is 35.7 Å². The molecule has 1 nitrogen and oxygen atoms in total. The average molecular weight is 249 g/mol. The fourth-order valence-corrected chi connectivity index (χ4v) is 1.56. The van der Waals surface area contributed by atoms with Crippen LogP contribution in [-0.2, 0) is 0 Å². The van der Waals surface area contributed by atoms with Crippen LogP contribution in [0.15, 0.2) is 54.6 Å². The molecule has 2 heteroatoms. The van der Waals surface area contributed by atoms with Crippen molar-refractivity contribution in [3.63, 3.8) is 0 Å². The van der Waals surface area contributed by atoms with E-state index in [1.165, 1.54) is 5.56 Å². The fourth-order valence-electron chi connectivity index (χ4n) is 1.56. The van der Waals surface area contributed by atoms with Gasteiger partial charge in [-0.2, -0.15) is 0 Å². The third-order valence-corrected chi connectivity index (χ3v) is 2.50. The molecule has 0 saturated carbocycles. The first kappa shape index (κ1) is 13.6. The van der Waals surface area contributed by atoms with E-state index >= 15 is 0 Å². The quantitative estimate of drug-likeness (QED) is 0.741. The summed E-state index contributed by atoms with van der Waals surface area (Å²) in [5, 5.41) is 0. The molecule has 90 valence electrons. The van der Waals surface area contributed by atoms with E-state index in [9.17, 15) is 0 Å². The van der Waals surface area contributed by atoms with Gasteiger partial charge in [0.15, 0.2) is 0 Å². The summed E-state index contributed by atoms with van der Waals surface area (Å²) in [5.41, 5.74) is 1.30. The van der Waals surface area contributed by atoms with Crippen LogP contribution in [0.5, 0.6) is 11.5 Å². The van der Waals surface area contributed by atoms with E-state index in [1.54, 1.807) is 0 Å². The van der Waals surface area contributed by atoms with Crippen LogP contribution in [0.1, 0.15) is 25.3 Å². The molecule has 0 unspecified atom stereocenters. The molecular formula is C15H17ClO. The number of halogens is 1. The highest BCUT2D eigenvalue weighted by molar-refractivity contribution is 5.85. The molecule has 0 aliphatic carbocycles. The number of para-hydroxylation sites is 1. The Labute approximate surface area is 109 Å². The van der Waals surface area contributed by atoms with Crippen LogP contribution >= 0.6 is 12.4 Å². The van der Waals surface area contributed by atoms with Gasteiger partial charge >= 0.3 is 0 Å². The summed E-state index contributed by atoms with van der Waals surface area (Å²) in [6.45, 7) is 4.36. The summed E-state index contributed by atoms with van der Waals surface area (Å²) in [7, 11) is 0. The Morgan fingerprint density at radius 2 is 1.47 bits per heavy atom. The minimum absolute atomic E-state index is 0. The monoisotopic (exact) mass is 248 g/mol. The maximum Gasteiger partial charge on any atom is 0.127 e. The lowest BCUT2D eigenvalue weighted by molar-refractivity contribution is 0.481. The molecule has 0 aliphatic heterocycles. The molecule has 0 N–H and O–H groups in total. The highest BCUT2D eigenvalue weighted by Gasteiger charge is 2.01. The van der Waals surface area contributed by atoms with Crippen molar-refractivity contribution in [3.05, 3.63) is 60.2 Å². The van der Waals surface area contributed by atoms with Gasteiger partial charge in [0.25, 0.3) is 0 Å². The molecule has 2 aromatic rings. The van der Waals surface area contributed by atoms with Gasteiger partial charge in [0.1, 0.15) is 11.5 Å². The Morgan fingerprint density at radius 3 is 2.12 bits per heavy atom. The molecule has 0 amide bonds. The number of benzene rings is 2. The van der Waals surface area contributed by atoms with Crippen molar-refractivity contribution in [2.24, 2.45) is 0 Å². The van der Waals surface area contributed by atoms with Gasteiger partial charge in [0, 0.05) is 0 Å². The predicted molar refractivity (Wildman–Crippen MR) is 74.3 cm³/mol. The second-order valence-corrected chi connectivity index (χ2v) is 4.14. The van der Waals surface area contributed by atoms with E-state index in [0.29, 0.717) is 5.92 Å². The van der Waals surface area contributed by atoms with Crippen molar-refractivity contribution in [1.82, 2.24) is 0 Å². The maximum absolute atomic E-state index is 5.77. The second kappa shape index (κ2) is 6.31. The molecule has 2 rings (SSSR count). The molecule has 0 heterocycles. The normalized spacial score (nSPS) is 9.82. The van der Waals surface area contributed by atoms with E-state index in [4.69, 9.17) is 4.74 Å². The SMILES string of the molecule is CC(C)c1cccc(Oc2ccccc2)c1.Cl. The lowest BCUT2D eigenvalue weighted by Crippen LogP contribution is -1.89. The lowest BCUT2D eigenvalue weighted by Gasteiger charge is -2.09. The largest absolute Gasteiger partial charge is 0.457 e. The van der Waals surface area contributed by atoms with Gasteiger partial charge < -0.3 is 4.74 Å². The van der Waals surface area contributed by atoms with Gasteiger partial charge in [0.05, 0.1) is 0 Å². The summed E-state index contributed by atoms with van der Waals surface area (Å²) in [5.74, 6) is 2.31. The Morgan fingerprint density at radius 1 is 0.824 bits per heavy atom. The van der Waals surface area contributed by atoms with Crippen LogP contribution in [0.3, 0.4) is 0 Å². The Balaban J connectivity index is 0.00000144. The molecule has 0 fully saturated rings. The summed E-state index contributed by atoms with van der Waals surface area (Å²) >= 11 is 0. The van der Waals surface area contributed by atoms with E-state index in [-0.39, 0.29) is 12.4 Å². The average Bonchev–Trinajstić information content (AvgIpc) is 2.30. The summed E-state index contributed by atoms with van der Waals surface area (Å²) in [6, 6.07) is 18.1. The second-order valence-electron chi connectivity index (χ2n) is 4.14. The number of hydrogen-bond acceptors (Lipinski definition) is 1. The lowest BCUT2D eigenvalue weighted by atomic mass is 10.0. The fraction of sp³-hybridized carbons (Fsp3) is 0.200. The van der Waals surface area contributed by atoms with Crippen molar-refractivity contribution in [3.8, 4) is 11.5 Å². The summed E-state index contributed by atoms with van der Waals surface area (Å²) < 4.78 is 5.77. The van der Waals surface area contributed by atoms with Gasteiger partial charge in [0.2, 0.25) is 0 Å². The first-order valence-electron chi connectivity index (χ1n) is 5.58. The van der Waals surface area contributed by atoms with Crippen LogP contribution in [0, 0.1) is 0 Å². The van der Waals surface area contributed by atoms with Crippen LogP contribution in [-0.4, -0.2) is 0 Å². The van der Waals surface area contributed by atoms with E-state index in [1.807, 2.05) is 42.5 Å². The topological polar surface area (TPSA) is 9.23 Å². The van der Waals surface area contributed by atoms with Gasteiger partial charge in [-0.1, -0.05) is 44.2 Å². The third-order valence-electron chi connectivity index (χ3n) is 2.50. The molecule has 2 aromatic carbocycles. The van der Waals surface area contributed by atoms with Crippen LogP contribution in [0.25, 0.3) is 0 Å². The smallest absolute Gasteiger partial charge is 0.127 e. The molecule has 0 spiro atoms. The standard InChI is InChI=1S/C15H16O.ClH/c1-12(2)13-7-6-10-15(11-13)16-14-8-4-3-5-9-14;/h3-12H,1-2H3;1H. The molecule has 0 aliphatic rings. The van der Waals surface area contributed by atoms with Crippen molar-refractivity contribution in [2.45, 2.75) is 19.8 Å². The molecule has 17 heavy (non-hydrogen) atoms. The van der Waals surface area contributed by atoms with Crippen molar-refractivity contribution >= 4 is 12.4 Å². The maximum atomic E-state index is 5.77. The van der Waals surface area contributed by atoms with Crippen LogP contribution in [0.2, 0.25) is 0 Å². The minimum Gasteiger partial charge on any atom is -0.457 e. The number of hydrogen-bond donors (Lipinski definition) is 0. The van der Waals surface area contributed by atoms with Gasteiger partial charge in [-0.15, -0.1) is 12.4 Å². The zero-order valence-electron chi connectivity index (χ0n) is 10.1. The van der Waals surface area contributed by atoms with Crippen molar-refractivity contribution in [2.75, 3.05) is 0 Å². The molecule has 0 atom stereocenters. The van der Waals surface area contributed by atoms with Gasteiger partial charge in [-0.25, -0.2) is 0 Å². The van der Waals surface area contributed by atoms with Crippen LogP contribution in [0.4, 0.5) is 0 Å². The number of rotatable bonds is 3. The predicted octanol–water partition coefficient (Wildman–Crippen LogP) is 5.02. The molecular weight excluding hydrogens is 232 g/mol. The van der Waals surface area contributed by atoms with Crippen molar-refractivity contribution < 1.29 is 4.74 Å². The first-order chi connectivity index (χ1) is 7.75. The molecule has 0 saturated heterocycles. The Bertz CT molecular complexity index is 451.